The molecule has 0 aromatic heterocycles. The van der Waals surface area contributed by atoms with Crippen molar-refractivity contribution in [3.63, 3.8) is 0 Å². The molecule has 4 aliphatic heterocycles. The van der Waals surface area contributed by atoms with Crippen LogP contribution in [0.5, 0.6) is 0 Å². The molecule has 6 rings (SSSR count). The molecule has 0 amide bonds. The first-order chi connectivity index (χ1) is 16.7. The number of rotatable bonds is 4. The van der Waals surface area contributed by atoms with Crippen LogP contribution in [0.4, 0.5) is 11.6 Å². The topological polar surface area (TPSA) is 122 Å². The second kappa shape index (κ2) is 7.90. The van der Waals surface area contributed by atoms with Gasteiger partial charge < -0.3 is 21.4 Å². The molecule has 0 aromatic carbocycles. The third-order valence-corrected chi connectivity index (χ3v) is 6.09. The van der Waals surface area contributed by atoms with Crippen LogP contribution >= 0.6 is 0 Å². The van der Waals surface area contributed by atoms with Crippen molar-refractivity contribution < 1.29 is 0 Å². The van der Waals surface area contributed by atoms with E-state index in [2.05, 4.69) is 37.1 Å². The van der Waals surface area contributed by atoms with Crippen LogP contribution in [0, 0.1) is 0 Å². The maximum Gasteiger partial charge on any atom is 0.116 e. The Morgan fingerprint density at radius 3 is 1.62 bits per heavy atom. The van der Waals surface area contributed by atoms with E-state index in [-0.39, 0.29) is 0 Å². The lowest BCUT2D eigenvalue weighted by molar-refractivity contribution is 1.20. The van der Waals surface area contributed by atoms with Crippen LogP contribution in [0.3, 0.4) is 0 Å². The minimum Gasteiger partial charge on any atom is -0.385 e. The summed E-state index contributed by atoms with van der Waals surface area (Å²) in [5.41, 5.74) is 22.0. The third kappa shape index (κ3) is 3.27. The summed E-state index contributed by atoms with van der Waals surface area (Å²) >= 11 is 0. The zero-order valence-electron chi connectivity index (χ0n) is 18.2. The number of nitrogen functional groups attached to an aromatic ring is 2. The summed E-state index contributed by atoms with van der Waals surface area (Å²) in [6.07, 6.45) is 16.8. The maximum absolute atomic E-state index is 6.22. The minimum absolute atomic E-state index is 0.602. The third-order valence-electron chi connectivity index (χ3n) is 6.09. The monoisotopic (exact) mass is 443 g/mol. The van der Waals surface area contributed by atoms with Gasteiger partial charge in [-0.1, -0.05) is 36.4 Å². The molecule has 0 aromatic rings. The van der Waals surface area contributed by atoms with Gasteiger partial charge in [0.15, 0.2) is 0 Å². The van der Waals surface area contributed by atoms with Gasteiger partial charge in [-0.15, -0.1) is 0 Å². The van der Waals surface area contributed by atoms with Crippen LogP contribution in [-0.4, -0.2) is 24.9 Å². The minimum atomic E-state index is 0.602. The van der Waals surface area contributed by atoms with E-state index < -0.39 is 0 Å². The lowest BCUT2D eigenvalue weighted by atomic mass is 10.0. The molecule has 4 heterocycles. The Labute approximate surface area is 195 Å². The van der Waals surface area contributed by atoms with E-state index in [1.807, 2.05) is 61.0 Å². The highest BCUT2D eigenvalue weighted by Crippen LogP contribution is 2.34. The predicted octanol–water partition coefficient (Wildman–Crippen LogP) is 5.35. The zero-order valence-corrected chi connectivity index (χ0v) is 18.2. The summed E-state index contributed by atoms with van der Waals surface area (Å²) < 4.78 is 0. The van der Waals surface area contributed by atoms with Crippen LogP contribution in [0.25, 0.3) is 57.7 Å². The molecule has 0 bridgehead atoms. The highest BCUT2D eigenvalue weighted by Gasteiger charge is 2.14. The SMILES string of the molecule is Nc1[nH]cc2cccc-2c1/C=C/c1ncnc(/C=C/c2c3cccc-3c[nH]c2N)c2cncc1-2. The Hall–Kier alpha value is -4.91. The van der Waals surface area contributed by atoms with E-state index in [1.165, 1.54) is 0 Å². The molecule has 34 heavy (non-hydrogen) atoms. The van der Waals surface area contributed by atoms with Gasteiger partial charge in [-0.2, -0.15) is 0 Å². The molecule has 0 unspecified atom stereocenters. The normalized spacial score (nSPS) is 12.1. The molecule has 0 radical (unpaired) electrons. The molecule has 7 nitrogen and oxygen atoms in total. The molecule has 0 spiro atoms. The van der Waals surface area contributed by atoms with Crippen LogP contribution in [0.1, 0.15) is 22.5 Å². The van der Waals surface area contributed by atoms with Crippen molar-refractivity contribution in [3.05, 3.63) is 90.0 Å². The molecular formula is C27H21N7. The molecule has 6 aliphatic rings. The van der Waals surface area contributed by atoms with E-state index in [4.69, 9.17) is 11.5 Å². The highest BCUT2D eigenvalue weighted by atomic mass is 14.8. The zero-order chi connectivity index (χ0) is 23.1. The number of nitrogens with one attached hydrogen (secondary N) is 2. The number of pyridine rings is 2. The first kappa shape index (κ1) is 19.8. The number of hydrogen-bond donors (Lipinski definition) is 4. The van der Waals surface area contributed by atoms with Crippen molar-refractivity contribution in [1.82, 2.24) is 24.9 Å². The van der Waals surface area contributed by atoms with E-state index in [0.717, 1.165) is 55.9 Å². The van der Waals surface area contributed by atoms with Crippen LogP contribution in [0.2, 0.25) is 0 Å². The molecule has 0 saturated heterocycles. The first-order valence-corrected chi connectivity index (χ1v) is 10.8. The van der Waals surface area contributed by atoms with Crippen molar-refractivity contribution in [3.8, 4) is 33.4 Å². The molecular weight excluding hydrogens is 422 g/mol. The summed E-state index contributed by atoms with van der Waals surface area (Å²) in [5.74, 6) is 1.20. The van der Waals surface area contributed by atoms with Crippen LogP contribution in [0.15, 0.2) is 67.5 Å². The number of nitrogens with two attached hydrogens (primary N) is 2. The molecule has 6 N–H and O–H groups in total. The Balaban J connectivity index is 1.37. The van der Waals surface area contributed by atoms with Gasteiger partial charge in [0.05, 0.1) is 11.4 Å². The van der Waals surface area contributed by atoms with Gasteiger partial charge in [0.1, 0.15) is 18.0 Å². The van der Waals surface area contributed by atoms with E-state index in [1.54, 1.807) is 18.7 Å². The standard InChI is InChI=1S/C27H21N7/c28-26-20(18-5-1-3-16(18)11-31-26)7-9-24-22-13-30-14-23(22)25(34-15-33-24)10-8-21-19-6-2-4-17(19)12-32-27(21)29/h1-15,31-32H,28-29H2/b9-7+,10-8+. The number of fused-ring (bicyclic) bond motifs is 3. The Morgan fingerprint density at radius 2 is 1.12 bits per heavy atom. The fourth-order valence-corrected chi connectivity index (χ4v) is 4.34. The molecule has 164 valence electrons. The number of H-pyrrole nitrogens is 2. The fourth-order valence-electron chi connectivity index (χ4n) is 4.34. The molecule has 0 atom stereocenters. The first-order valence-electron chi connectivity index (χ1n) is 10.8. The van der Waals surface area contributed by atoms with Crippen molar-refractivity contribution in [2.24, 2.45) is 0 Å². The van der Waals surface area contributed by atoms with Gasteiger partial charge in [0, 0.05) is 47.0 Å². The largest absolute Gasteiger partial charge is 0.385 e. The van der Waals surface area contributed by atoms with Gasteiger partial charge >= 0.3 is 0 Å². The van der Waals surface area contributed by atoms with Gasteiger partial charge in [-0.05, 0) is 46.6 Å². The molecule has 0 fully saturated rings. The number of aromatic nitrogens is 5. The van der Waals surface area contributed by atoms with Gasteiger partial charge in [0.2, 0.25) is 0 Å². The Bertz CT molecular complexity index is 1470. The smallest absolute Gasteiger partial charge is 0.116 e. The van der Waals surface area contributed by atoms with Gasteiger partial charge in [0.25, 0.3) is 0 Å². The molecule has 0 saturated carbocycles. The van der Waals surface area contributed by atoms with Crippen LogP contribution < -0.4 is 11.5 Å². The number of aromatic amines is 2. The summed E-state index contributed by atoms with van der Waals surface area (Å²) in [4.78, 5) is 19.8. The lowest BCUT2D eigenvalue weighted by Crippen LogP contribution is -1.96. The molecule has 7 heteroatoms. The van der Waals surface area contributed by atoms with Gasteiger partial charge in [-0.3, -0.25) is 4.98 Å². The summed E-state index contributed by atoms with van der Waals surface area (Å²) in [6.45, 7) is 0. The second-order valence-electron chi connectivity index (χ2n) is 8.07. The summed E-state index contributed by atoms with van der Waals surface area (Å²) in [5, 5.41) is 0. The van der Waals surface area contributed by atoms with Crippen molar-refractivity contribution >= 4 is 35.9 Å². The average molecular weight is 444 g/mol. The quantitative estimate of drug-likeness (QED) is 0.293. The van der Waals surface area contributed by atoms with E-state index in [0.29, 0.717) is 11.6 Å². The maximum atomic E-state index is 6.22. The van der Waals surface area contributed by atoms with Crippen molar-refractivity contribution in [2.75, 3.05) is 11.5 Å². The summed E-state index contributed by atoms with van der Waals surface area (Å²) in [7, 11) is 0. The molecule has 2 aliphatic carbocycles. The Morgan fingerprint density at radius 1 is 0.618 bits per heavy atom. The van der Waals surface area contributed by atoms with Crippen molar-refractivity contribution in [1.29, 1.82) is 0 Å². The van der Waals surface area contributed by atoms with E-state index in [9.17, 15) is 0 Å². The van der Waals surface area contributed by atoms with E-state index >= 15 is 0 Å². The van der Waals surface area contributed by atoms with Crippen molar-refractivity contribution in [2.45, 2.75) is 0 Å². The fraction of sp³-hybridized carbons (Fsp3) is 0. The Kier molecular flexibility index (Phi) is 4.59. The number of nitrogens with zero attached hydrogens (tertiary/aromatic N) is 3. The van der Waals surface area contributed by atoms with Crippen LogP contribution in [-0.2, 0) is 0 Å². The number of anilines is 2. The summed E-state index contributed by atoms with van der Waals surface area (Å²) in [6, 6.07) is 12.2. The lowest BCUT2D eigenvalue weighted by Gasteiger charge is -2.08. The van der Waals surface area contributed by atoms with Gasteiger partial charge in [-0.25, -0.2) is 9.97 Å². The highest BCUT2D eigenvalue weighted by molar-refractivity contribution is 5.91. The average Bonchev–Trinajstić information content (AvgIpc) is 3.59. The second-order valence-corrected chi connectivity index (χ2v) is 8.07. The predicted molar refractivity (Wildman–Crippen MR) is 138 cm³/mol. The number of hydrogen-bond acceptors (Lipinski definition) is 5.